The highest BCUT2D eigenvalue weighted by Gasteiger charge is 2.37. The van der Waals surface area contributed by atoms with E-state index in [4.69, 9.17) is 11.6 Å². The van der Waals surface area contributed by atoms with E-state index in [-0.39, 0.29) is 6.61 Å². The first-order valence-electron chi connectivity index (χ1n) is 9.01. The molecule has 2 aliphatic carbocycles. The monoisotopic (exact) mass is 317 g/mol. The molecule has 23 heavy (non-hydrogen) atoms. The number of carbonyl (C=O) groups excluding carboxylic acids is 3. The van der Waals surface area contributed by atoms with Crippen LogP contribution in [0.4, 0.5) is 0 Å². The van der Waals surface area contributed by atoms with E-state index in [0.717, 1.165) is 0 Å². The summed E-state index contributed by atoms with van der Waals surface area (Å²) in [5, 5.41) is 20.6. The van der Waals surface area contributed by atoms with E-state index in [2.05, 4.69) is 0 Å². The molecule has 2 aliphatic rings. The smallest absolute Gasteiger partial charge is 0.338 e. The molecular formula is C17H12O6. The third-order valence-corrected chi connectivity index (χ3v) is 3.23. The van der Waals surface area contributed by atoms with Gasteiger partial charge < -0.3 is 14.9 Å². The van der Waals surface area contributed by atoms with Crippen molar-refractivity contribution >= 4 is 23.3 Å². The summed E-state index contributed by atoms with van der Waals surface area (Å²) < 4.78 is 43.9. The normalized spacial score (nSPS) is 20.3. The molecule has 6 heteroatoms. The summed E-state index contributed by atoms with van der Waals surface area (Å²) in [6, 6.07) is -4.24. The van der Waals surface area contributed by atoms with Crippen LogP contribution in [-0.4, -0.2) is 34.4 Å². The predicted octanol–water partition coefficient (Wildman–Crippen LogP) is 1.86. The summed E-state index contributed by atoms with van der Waals surface area (Å²) in [5.41, 5.74) is -3.66. The van der Waals surface area contributed by atoms with Gasteiger partial charge in [-0.1, -0.05) is 12.1 Å². The first kappa shape index (κ1) is 9.78. The number of hydrogen-bond acceptors (Lipinski definition) is 6. The SMILES string of the molecule is [2H]C1=C(C(=O)OCC)C([2H])=C2C(=O)c3c([2H])c([2H])c([2H])c(O)c3C(O)=C2C1=O. The average molecular weight is 317 g/mol. The van der Waals surface area contributed by atoms with Gasteiger partial charge in [0.1, 0.15) is 11.5 Å². The Labute approximate surface area is 138 Å². The quantitative estimate of drug-likeness (QED) is 0.807. The number of phenols is 1. The maximum absolute atomic E-state index is 12.9. The van der Waals surface area contributed by atoms with Crippen LogP contribution < -0.4 is 0 Å². The van der Waals surface area contributed by atoms with E-state index < -0.39 is 87.1 Å². The molecule has 0 fully saturated rings. The highest BCUT2D eigenvalue weighted by atomic mass is 16.5. The predicted molar refractivity (Wildman–Crippen MR) is 79.8 cm³/mol. The van der Waals surface area contributed by atoms with Crippen LogP contribution in [0.5, 0.6) is 5.75 Å². The lowest BCUT2D eigenvalue weighted by Gasteiger charge is -2.23. The van der Waals surface area contributed by atoms with Crippen molar-refractivity contribution in [1.29, 1.82) is 0 Å². The number of ketones is 2. The van der Waals surface area contributed by atoms with Crippen LogP contribution in [0, 0.1) is 0 Å². The van der Waals surface area contributed by atoms with Crippen molar-refractivity contribution in [2.45, 2.75) is 6.92 Å². The molecule has 116 valence electrons. The molecule has 3 rings (SSSR count). The van der Waals surface area contributed by atoms with Gasteiger partial charge in [-0.25, -0.2) is 4.79 Å². The van der Waals surface area contributed by atoms with E-state index in [1.54, 1.807) is 0 Å². The molecule has 6 nitrogen and oxygen atoms in total. The van der Waals surface area contributed by atoms with E-state index in [1.807, 2.05) is 0 Å². The summed E-state index contributed by atoms with van der Waals surface area (Å²) in [6.45, 7) is 1.35. The van der Waals surface area contributed by atoms with Gasteiger partial charge in [0.15, 0.2) is 11.6 Å². The van der Waals surface area contributed by atoms with Crippen molar-refractivity contribution in [3.8, 4) is 5.75 Å². The number of Topliss-reactive ketones (excluding diaryl/α,β-unsaturated/α-hetero) is 1. The lowest BCUT2D eigenvalue weighted by Crippen LogP contribution is -2.24. The van der Waals surface area contributed by atoms with Gasteiger partial charge in [-0.05, 0) is 19.0 Å². The van der Waals surface area contributed by atoms with Crippen molar-refractivity contribution in [2.24, 2.45) is 0 Å². The molecule has 1 aromatic carbocycles. The molecule has 0 bridgehead atoms. The van der Waals surface area contributed by atoms with E-state index >= 15 is 0 Å². The maximum Gasteiger partial charge on any atom is 0.338 e. The fourth-order valence-corrected chi connectivity index (χ4v) is 2.26. The molecule has 0 unspecified atom stereocenters. The van der Waals surface area contributed by atoms with Crippen LogP contribution in [0.15, 0.2) is 47.0 Å². The minimum Gasteiger partial charge on any atom is -0.507 e. The highest BCUT2D eigenvalue weighted by molar-refractivity contribution is 6.30. The van der Waals surface area contributed by atoms with Crippen LogP contribution in [0.25, 0.3) is 5.76 Å². The van der Waals surface area contributed by atoms with Gasteiger partial charge in [-0.3, -0.25) is 9.59 Å². The first-order valence-corrected chi connectivity index (χ1v) is 6.51. The minimum absolute atomic E-state index is 0.115. The number of phenolic OH excluding ortho intramolecular Hbond substituents is 1. The fraction of sp³-hybridized carbons (Fsp3) is 0.118. The molecule has 0 atom stereocenters. The number of carbonyl (C=O) groups is 3. The Bertz CT molecular complexity index is 1100. The van der Waals surface area contributed by atoms with Crippen LogP contribution in [0.2, 0.25) is 0 Å². The topological polar surface area (TPSA) is 101 Å². The summed E-state index contributed by atoms with van der Waals surface area (Å²) in [5.74, 6) is -5.58. The minimum atomic E-state index is -1.25. The molecule has 0 aromatic heterocycles. The molecule has 0 heterocycles. The number of ether oxygens (including phenoxy) is 1. The van der Waals surface area contributed by atoms with Crippen LogP contribution >= 0.6 is 0 Å². The van der Waals surface area contributed by atoms with E-state index in [1.165, 1.54) is 6.92 Å². The van der Waals surface area contributed by atoms with E-state index in [0.29, 0.717) is 0 Å². The third kappa shape index (κ3) is 2.15. The number of aliphatic hydroxyl groups excluding tert-OH is 1. The summed E-state index contributed by atoms with van der Waals surface area (Å²) in [4.78, 5) is 37.6. The number of aliphatic hydroxyl groups is 1. The van der Waals surface area contributed by atoms with Crippen molar-refractivity contribution in [3.05, 3.63) is 58.1 Å². The van der Waals surface area contributed by atoms with Gasteiger partial charge >= 0.3 is 5.97 Å². The molecule has 0 spiro atoms. The molecule has 1 aromatic rings. The zero-order valence-corrected chi connectivity index (χ0v) is 11.7. The second-order valence-corrected chi connectivity index (χ2v) is 4.58. The molecule has 0 saturated carbocycles. The molecule has 0 saturated heterocycles. The Morgan fingerprint density at radius 2 is 2.00 bits per heavy atom. The van der Waals surface area contributed by atoms with Crippen LogP contribution in [0.1, 0.15) is 29.7 Å². The molecule has 0 amide bonds. The van der Waals surface area contributed by atoms with Gasteiger partial charge in [0.05, 0.1) is 30.2 Å². The second kappa shape index (κ2) is 5.24. The lowest BCUT2D eigenvalue weighted by atomic mass is 9.80. The standard InChI is InChI=1S/C17H12O6/c1-2-23-17(22)8-6-10-14(12(19)7-8)16(21)13-9(15(10)20)4-3-5-11(13)18/h3-7,18,21H,2H2,1H3/i3D,4D,5D,6D,7D. The van der Waals surface area contributed by atoms with Gasteiger partial charge in [0.25, 0.3) is 0 Å². The number of hydrogen-bond donors (Lipinski definition) is 2. The van der Waals surface area contributed by atoms with Crippen LogP contribution in [-0.2, 0) is 14.3 Å². The van der Waals surface area contributed by atoms with Crippen molar-refractivity contribution < 1.29 is 36.2 Å². The third-order valence-electron chi connectivity index (χ3n) is 3.23. The maximum atomic E-state index is 12.9. The Morgan fingerprint density at radius 3 is 2.70 bits per heavy atom. The van der Waals surface area contributed by atoms with Crippen molar-refractivity contribution in [3.63, 3.8) is 0 Å². The fourth-order valence-electron chi connectivity index (χ4n) is 2.26. The number of benzene rings is 1. The zero-order chi connectivity index (χ0) is 21.1. The molecule has 0 radical (unpaired) electrons. The van der Waals surface area contributed by atoms with Crippen molar-refractivity contribution in [1.82, 2.24) is 0 Å². The van der Waals surface area contributed by atoms with Gasteiger partial charge in [0.2, 0.25) is 0 Å². The number of esters is 1. The average Bonchev–Trinajstić information content (AvgIpc) is 2.64. The number of aromatic hydroxyl groups is 1. The summed E-state index contributed by atoms with van der Waals surface area (Å²) >= 11 is 0. The summed E-state index contributed by atoms with van der Waals surface area (Å²) in [7, 11) is 0. The Hall–Kier alpha value is -3.15. The first-order chi connectivity index (χ1) is 13.1. The summed E-state index contributed by atoms with van der Waals surface area (Å²) in [6.07, 6.45) is 0. The lowest BCUT2D eigenvalue weighted by molar-refractivity contribution is -0.138. The van der Waals surface area contributed by atoms with E-state index in [9.17, 15) is 24.6 Å². The van der Waals surface area contributed by atoms with Gasteiger partial charge in [-0.2, -0.15) is 0 Å². The second-order valence-electron chi connectivity index (χ2n) is 4.58. The number of rotatable bonds is 2. The Kier molecular flexibility index (Phi) is 2.23. The number of fused-ring (bicyclic) bond motifs is 2. The van der Waals surface area contributed by atoms with Crippen molar-refractivity contribution in [2.75, 3.05) is 6.61 Å². The van der Waals surface area contributed by atoms with Crippen LogP contribution in [0.3, 0.4) is 0 Å². The Balaban J connectivity index is 2.44. The molecule has 2 N–H and O–H groups in total. The number of allylic oxidation sites excluding steroid dienone is 3. The van der Waals surface area contributed by atoms with Gasteiger partial charge in [-0.15, -0.1) is 0 Å². The highest BCUT2D eigenvalue weighted by Crippen LogP contribution is 2.40. The zero-order valence-electron chi connectivity index (χ0n) is 16.7. The Morgan fingerprint density at radius 1 is 1.26 bits per heavy atom. The largest absolute Gasteiger partial charge is 0.507 e. The molecular weight excluding hydrogens is 300 g/mol. The molecule has 0 aliphatic heterocycles. The van der Waals surface area contributed by atoms with Gasteiger partial charge in [0, 0.05) is 17.2 Å².